The first-order chi connectivity index (χ1) is 10.6. The average molecular weight is 316 g/mol. The number of aldehydes is 1. The third-order valence-electron chi connectivity index (χ3n) is 3.03. The number of carbonyl (C=O) groups excluding carboxylic acids is 3. The van der Waals surface area contributed by atoms with E-state index in [1.165, 1.54) is 20.0 Å². The van der Waals surface area contributed by atoms with Gasteiger partial charge in [0.2, 0.25) is 0 Å². The monoisotopic (exact) mass is 316 g/mol. The third kappa shape index (κ3) is 12.3. The maximum Gasteiger partial charge on any atom is 0.306 e. The van der Waals surface area contributed by atoms with E-state index in [0.717, 1.165) is 19.3 Å². The standard InChI is InChI=1S/C16H28O6/c1-3-4-5-6-7-9-15(18)21-13-14(12-20-2)22-16(19)10-8-11-17/h11,14H,3-10,12-13H2,1-2H3. The molecule has 0 aromatic rings. The molecule has 0 amide bonds. The summed E-state index contributed by atoms with van der Waals surface area (Å²) in [6.45, 7) is 2.27. The third-order valence-corrected chi connectivity index (χ3v) is 3.03. The van der Waals surface area contributed by atoms with E-state index >= 15 is 0 Å². The fraction of sp³-hybridized carbons (Fsp3) is 0.812. The SMILES string of the molecule is CCCCCCCC(=O)OCC(COC)OC(=O)CCC=O. The lowest BCUT2D eigenvalue weighted by molar-refractivity contribution is -0.162. The lowest BCUT2D eigenvalue weighted by Crippen LogP contribution is -2.29. The van der Waals surface area contributed by atoms with Crippen LogP contribution in [-0.4, -0.2) is 44.7 Å². The minimum Gasteiger partial charge on any atom is -0.462 e. The molecule has 0 aromatic carbocycles. The molecule has 0 saturated heterocycles. The molecule has 128 valence electrons. The number of rotatable bonds is 14. The number of hydrogen-bond acceptors (Lipinski definition) is 6. The van der Waals surface area contributed by atoms with Gasteiger partial charge in [-0.2, -0.15) is 0 Å². The Kier molecular flexibility index (Phi) is 13.6. The molecule has 0 aliphatic carbocycles. The van der Waals surface area contributed by atoms with Gasteiger partial charge in [0.05, 0.1) is 13.0 Å². The van der Waals surface area contributed by atoms with Crippen LogP contribution >= 0.6 is 0 Å². The van der Waals surface area contributed by atoms with Crippen molar-refractivity contribution in [3.05, 3.63) is 0 Å². The van der Waals surface area contributed by atoms with Gasteiger partial charge in [-0.3, -0.25) is 9.59 Å². The van der Waals surface area contributed by atoms with Gasteiger partial charge in [0.15, 0.2) is 6.10 Å². The number of ether oxygens (including phenoxy) is 3. The van der Waals surface area contributed by atoms with Crippen molar-refractivity contribution in [2.24, 2.45) is 0 Å². The Morgan fingerprint density at radius 1 is 1.00 bits per heavy atom. The molecule has 22 heavy (non-hydrogen) atoms. The van der Waals surface area contributed by atoms with Crippen LogP contribution < -0.4 is 0 Å². The van der Waals surface area contributed by atoms with Gasteiger partial charge in [-0.05, 0) is 6.42 Å². The molecule has 6 heteroatoms. The highest BCUT2D eigenvalue weighted by Gasteiger charge is 2.16. The van der Waals surface area contributed by atoms with Crippen LogP contribution in [0.4, 0.5) is 0 Å². The minimum atomic E-state index is -0.631. The zero-order chi connectivity index (χ0) is 16.6. The van der Waals surface area contributed by atoms with E-state index in [0.29, 0.717) is 12.7 Å². The number of carbonyl (C=O) groups is 3. The summed E-state index contributed by atoms with van der Waals surface area (Å²) in [6, 6.07) is 0. The predicted octanol–water partition coefficient (Wildman–Crippen LogP) is 2.43. The molecule has 6 nitrogen and oxygen atoms in total. The largest absolute Gasteiger partial charge is 0.462 e. The Hall–Kier alpha value is -1.43. The van der Waals surface area contributed by atoms with Crippen molar-refractivity contribution >= 4 is 18.2 Å². The van der Waals surface area contributed by atoms with E-state index in [1.807, 2.05) is 0 Å². The molecule has 0 spiro atoms. The molecule has 0 radical (unpaired) electrons. The lowest BCUT2D eigenvalue weighted by Gasteiger charge is -2.17. The molecule has 0 fully saturated rings. The van der Waals surface area contributed by atoms with Crippen molar-refractivity contribution in [3.8, 4) is 0 Å². The maximum absolute atomic E-state index is 11.6. The summed E-state index contributed by atoms with van der Waals surface area (Å²) in [4.78, 5) is 33.2. The summed E-state index contributed by atoms with van der Waals surface area (Å²) in [5, 5.41) is 0. The van der Waals surface area contributed by atoms with Gasteiger partial charge < -0.3 is 19.0 Å². The van der Waals surface area contributed by atoms with Crippen molar-refractivity contribution in [3.63, 3.8) is 0 Å². The smallest absolute Gasteiger partial charge is 0.306 e. The Balaban J connectivity index is 3.89. The van der Waals surface area contributed by atoms with Gasteiger partial charge >= 0.3 is 11.9 Å². The van der Waals surface area contributed by atoms with Crippen LogP contribution in [0.5, 0.6) is 0 Å². The van der Waals surface area contributed by atoms with E-state index in [1.54, 1.807) is 0 Å². The topological polar surface area (TPSA) is 78.9 Å². The first-order valence-corrected chi connectivity index (χ1v) is 7.91. The molecule has 0 N–H and O–H groups in total. The molecule has 0 rings (SSSR count). The van der Waals surface area contributed by atoms with E-state index in [9.17, 15) is 14.4 Å². The van der Waals surface area contributed by atoms with E-state index in [4.69, 9.17) is 14.2 Å². The van der Waals surface area contributed by atoms with Crippen molar-refractivity contribution in [2.45, 2.75) is 64.4 Å². The molecule has 0 saturated carbocycles. The van der Waals surface area contributed by atoms with Crippen molar-refractivity contribution in [2.75, 3.05) is 20.3 Å². The number of unbranched alkanes of at least 4 members (excludes halogenated alkanes) is 4. The van der Waals surface area contributed by atoms with Gasteiger partial charge in [-0.1, -0.05) is 32.6 Å². The number of methoxy groups -OCH3 is 1. The minimum absolute atomic E-state index is 0.0194. The van der Waals surface area contributed by atoms with Crippen LogP contribution in [-0.2, 0) is 28.6 Å². The molecular formula is C16H28O6. The Labute approximate surface area is 132 Å². The van der Waals surface area contributed by atoms with Gasteiger partial charge in [0.1, 0.15) is 12.9 Å². The molecule has 0 aliphatic heterocycles. The van der Waals surface area contributed by atoms with Crippen molar-refractivity contribution in [1.82, 2.24) is 0 Å². The Morgan fingerprint density at radius 2 is 1.73 bits per heavy atom. The lowest BCUT2D eigenvalue weighted by atomic mass is 10.1. The van der Waals surface area contributed by atoms with Gasteiger partial charge in [0, 0.05) is 20.0 Å². The second kappa shape index (κ2) is 14.5. The predicted molar refractivity (Wildman–Crippen MR) is 81.4 cm³/mol. The highest BCUT2D eigenvalue weighted by Crippen LogP contribution is 2.06. The molecule has 1 unspecified atom stereocenters. The molecule has 0 bridgehead atoms. The van der Waals surface area contributed by atoms with Gasteiger partial charge in [0.25, 0.3) is 0 Å². The van der Waals surface area contributed by atoms with Crippen LogP contribution in [0.25, 0.3) is 0 Å². The Bertz CT molecular complexity index is 316. The highest BCUT2D eigenvalue weighted by molar-refractivity contribution is 5.72. The van der Waals surface area contributed by atoms with Crippen LogP contribution in [0.2, 0.25) is 0 Å². The maximum atomic E-state index is 11.6. The first kappa shape index (κ1) is 20.6. The van der Waals surface area contributed by atoms with Crippen molar-refractivity contribution in [1.29, 1.82) is 0 Å². The molecule has 1 atom stereocenters. The van der Waals surface area contributed by atoms with Crippen LogP contribution in [0.3, 0.4) is 0 Å². The zero-order valence-electron chi connectivity index (χ0n) is 13.7. The van der Waals surface area contributed by atoms with Crippen molar-refractivity contribution < 1.29 is 28.6 Å². The highest BCUT2D eigenvalue weighted by atomic mass is 16.6. The van der Waals surface area contributed by atoms with Crippen LogP contribution in [0.1, 0.15) is 58.3 Å². The van der Waals surface area contributed by atoms with E-state index < -0.39 is 12.1 Å². The van der Waals surface area contributed by atoms with Gasteiger partial charge in [-0.15, -0.1) is 0 Å². The summed E-state index contributed by atoms with van der Waals surface area (Å²) in [5.74, 6) is -0.786. The number of esters is 2. The zero-order valence-corrected chi connectivity index (χ0v) is 13.7. The summed E-state index contributed by atoms with van der Waals surface area (Å²) in [7, 11) is 1.47. The molecule has 0 aliphatic rings. The summed E-state index contributed by atoms with van der Waals surface area (Å²) in [6.07, 6.45) is 5.86. The van der Waals surface area contributed by atoms with Crippen LogP contribution in [0.15, 0.2) is 0 Å². The molecule has 0 heterocycles. The average Bonchev–Trinajstić information content (AvgIpc) is 2.50. The second-order valence-corrected chi connectivity index (χ2v) is 5.12. The number of hydrogen-bond donors (Lipinski definition) is 0. The summed E-state index contributed by atoms with van der Waals surface area (Å²) >= 11 is 0. The molecular weight excluding hydrogens is 288 g/mol. The summed E-state index contributed by atoms with van der Waals surface area (Å²) < 4.78 is 15.1. The fourth-order valence-electron chi connectivity index (χ4n) is 1.85. The second-order valence-electron chi connectivity index (χ2n) is 5.12. The van der Waals surface area contributed by atoms with Gasteiger partial charge in [-0.25, -0.2) is 0 Å². The van der Waals surface area contributed by atoms with E-state index in [-0.39, 0.29) is 32.0 Å². The Morgan fingerprint density at radius 3 is 2.36 bits per heavy atom. The normalized spacial score (nSPS) is 11.7. The van der Waals surface area contributed by atoms with E-state index in [2.05, 4.69) is 6.92 Å². The fourth-order valence-corrected chi connectivity index (χ4v) is 1.85. The first-order valence-electron chi connectivity index (χ1n) is 7.91. The summed E-state index contributed by atoms with van der Waals surface area (Å²) in [5.41, 5.74) is 0. The quantitative estimate of drug-likeness (QED) is 0.278. The van der Waals surface area contributed by atoms with Crippen LogP contribution in [0, 0.1) is 0 Å². The molecule has 0 aromatic heterocycles.